The molecule has 0 saturated carbocycles. The zero-order valence-electron chi connectivity index (χ0n) is 5.81. The second-order valence-corrected chi connectivity index (χ2v) is 2.38. The van der Waals surface area contributed by atoms with Gasteiger partial charge in [-0.1, -0.05) is 42.6 Å². The second kappa shape index (κ2) is 4.16. The summed E-state index contributed by atoms with van der Waals surface area (Å²) in [7, 11) is 0. The van der Waals surface area contributed by atoms with Crippen LogP contribution in [0.1, 0.15) is 0 Å². The Balaban J connectivity index is 2.90. The molecule has 3 heteroatoms. The summed E-state index contributed by atoms with van der Waals surface area (Å²) in [5, 5.41) is 0. The van der Waals surface area contributed by atoms with E-state index in [9.17, 15) is 0 Å². The minimum atomic E-state index is 0.998. The molecule has 0 atom stereocenters. The molecule has 0 heterocycles. The van der Waals surface area contributed by atoms with Crippen molar-refractivity contribution in [1.29, 1.82) is 0 Å². The van der Waals surface area contributed by atoms with Crippen molar-refractivity contribution in [3.05, 3.63) is 30.3 Å². The molecule has 1 rings (SSSR count). The van der Waals surface area contributed by atoms with Gasteiger partial charge in [-0.3, -0.25) is 0 Å². The van der Waals surface area contributed by atoms with Crippen LogP contribution in [-0.2, 0) is 0 Å². The summed E-state index contributed by atoms with van der Waals surface area (Å²) in [5.41, 5.74) is 4.03. The van der Waals surface area contributed by atoms with Crippen molar-refractivity contribution in [1.82, 2.24) is 0 Å². The third kappa shape index (κ3) is 2.06. The van der Waals surface area contributed by atoms with Crippen LogP contribution in [0.4, 0.5) is 5.69 Å². The highest BCUT2D eigenvalue weighted by Gasteiger charge is 1.95. The smallest absolute Gasteiger partial charge is 0.0734 e. The number of para-hydroxylation sites is 1. The van der Waals surface area contributed by atoms with Crippen LogP contribution in [0.2, 0.25) is 0 Å². The Kier molecular flexibility index (Phi) is 3.14. The molecule has 0 amide bonds. The van der Waals surface area contributed by atoms with Crippen LogP contribution in [0, 0.1) is 0 Å². The minimum absolute atomic E-state index is 0.998. The Hall–Kier alpha value is -0.800. The van der Waals surface area contributed by atoms with Gasteiger partial charge in [0, 0.05) is 5.69 Å². The fraction of sp³-hybridized carbons (Fsp3) is 0. The molecule has 0 unspecified atom stereocenters. The van der Waals surface area contributed by atoms with Gasteiger partial charge < -0.3 is 4.90 Å². The van der Waals surface area contributed by atoms with Crippen molar-refractivity contribution in [3.63, 3.8) is 0 Å². The molecule has 0 aromatic heterocycles. The molecule has 11 heavy (non-hydrogen) atoms. The molecule has 0 aliphatic carbocycles. The number of benzene rings is 1. The Morgan fingerprint density at radius 3 is 2.00 bits per heavy atom. The Labute approximate surface area is 76.6 Å². The zero-order chi connectivity index (χ0) is 8.10. The monoisotopic (exact) mass is 181 g/mol. The topological polar surface area (TPSA) is 3.24 Å². The number of anilines is 1. The van der Waals surface area contributed by atoms with Gasteiger partial charge in [0.25, 0.3) is 0 Å². The molecule has 0 bridgehead atoms. The summed E-state index contributed by atoms with van der Waals surface area (Å²) in [6.45, 7) is 0. The Morgan fingerprint density at radius 2 is 1.55 bits per heavy atom. The van der Waals surface area contributed by atoms with Crippen LogP contribution in [0.25, 0.3) is 0 Å². The predicted octanol–water partition coefficient (Wildman–Crippen LogP) is 2.41. The third-order valence-corrected chi connectivity index (χ3v) is 1.74. The van der Waals surface area contributed by atoms with E-state index >= 15 is 0 Å². The van der Waals surface area contributed by atoms with E-state index in [0.717, 1.165) is 5.69 Å². The summed E-state index contributed by atoms with van der Waals surface area (Å²) >= 11 is 9.52. The highest BCUT2D eigenvalue weighted by atomic mass is 32.1. The van der Waals surface area contributed by atoms with Crippen LogP contribution < -0.4 is 4.90 Å². The van der Waals surface area contributed by atoms with E-state index in [4.69, 9.17) is 24.4 Å². The lowest BCUT2D eigenvalue weighted by atomic mass is 10.3. The summed E-state index contributed by atoms with van der Waals surface area (Å²) in [5.74, 6) is 0. The van der Waals surface area contributed by atoms with Gasteiger partial charge >= 0.3 is 0 Å². The number of thiocarbonyl (C=S) groups is 2. The van der Waals surface area contributed by atoms with Crippen molar-refractivity contribution in [2.24, 2.45) is 0 Å². The first-order chi connectivity index (χ1) is 5.38. The van der Waals surface area contributed by atoms with Crippen molar-refractivity contribution < 1.29 is 0 Å². The van der Waals surface area contributed by atoms with Gasteiger partial charge in [0.05, 0.1) is 11.0 Å². The predicted molar refractivity (Wildman–Crippen MR) is 56.2 cm³/mol. The van der Waals surface area contributed by atoms with Gasteiger partial charge in [-0.05, 0) is 12.1 Å². The maximum absolute atomic E-state index is 4.76. The number of hydrogen-bond acceptors (Lipinski definition) is 2. The Bertz CT molecular complexity index is 238. The SMILES string of the molecule is S=CN(C=S)c1ccccc1. The first-order valence-electron chi connectivity index (χ1n) is 3.12. The Morgan fingerprint density at radius 1 is 1.00 bits per heavy atom. The molecule has 0 spiro atoms. The van der Waals surface area contributed by atoms with Crippen LogP contribution in [-0.4, -0.2) is 11.0 Å². The average molecular weight is 181 g/mol. The van der Waals surface area contributed by atoms with Gasteiger partial charge in [-0.25, -0.2) is 0 Å². The van der Waals surface area contributed by atoms with Crippen molar-refractivity contribution in [2.75, 3.05) is 4.90 Å². The average Bonchev–Trinajstić information content (AvgIpc) is 2.09. The maximum atomic E-state index is 4.76. The fourth-order valence-electron chi connectivity index (χ4n) is 0.747. The maximum Gasteiger partial charge on any atom is 0.0734 e. The third-order valence-electron chi connectivity index (χ3n) is 1.28. The van der Waals surface area contributed by atoms with Gasteiger partial charge in [0.2, 0.25) is 0 Å². The molecular formula is C8H7NS2. The number of nitrogens with zero attached hydrogens (tertiary/aromatic N) is 1. The van der Waals surface area contributed by atoms with Crippen LogP contribution in [0.3, 0.4) is 0 Å². The van der Waals surface area contributed by atoms with Crippen LogP contribution in [0.5, 0.6) is 0 Å². The van der Waals surface area contributed by atoms with Crippen molar-refractivity contribution in [2.45, 2.75) is 0 Å². The lowest BCUT2D eigenvalue weighted by Gasteiger charge is -2.10. The molecule has 1 aromatic carbocycles. The minimum Gasteiger partial charge on any atom is -0.304 e. The van der Waals surface area contributed by atoms with E-state index in [2.05, 4.69) is 0 Å². The van der Waals surface area contributed by atoms with E-state index in [0.29, 0.717) is 0 Å². The largest absolute Gasteiger partial charge is 0.304 e. The standard InChI is InChI=1S/C8H7NS2/c10-6-9(7-11)8-4-2-1-3-5-8/h1-7H. The molecular weight excluding hydrogens is 174 g/mol. The molecule has 1 aromatic rings. The van der Waals surface area contributed by atoms with Crippen molar-refractivity contribution in [3.8, 4) is 0 Å². The molecule has 0 N–H and O–H groups in total. The van der Waals surface area contributed by atoms with E-state index < -0.39 is 0 Å². The molecule has 0 fully saturated rings. The zero-order valence-corrected chi connectivity index (χ0v) is 7.44. The highest BCUT2D eigenvalue weighted by Crippen LogP contribution is 2.09. The highest BCUT2D eigenvalue weighted by molar-refractivity contribution is 7.80. The summed E-state index contributed by atoms with van der Waals surface area (Å²) in [6, 6.07) is 9.74. The van der Waals surface area contributed by atoms with Gasteiger partial charge in [-0.15, -0.1) is 0 Å². The normalized spacial score (nSPS) is 8.73. The fourth-order valence-corrected chi connectivity index (χ4v) is 1.19. The van der Waals surface area contributed by atoms with Crippen LogP contribution >= 0.6 is 24.4 Å². The van der Waals surface area contributed by atoms with Gasteiger partial charge in [-0.2, -0.15) is 0 Å². The molecule has 0 radical (unpaired) electrons. The molecule has 1 nitrogen and oxygen atoms in total. The van der Waals surface area contributed by atoms with E-state index in [-0.39, 0.29) is 0 Å². The summed E-state index contributed by atoms with van der Waals surface area (Å²) < 4.78 is 0. The van der Waals surface area contributed by atoms with E-state index in [1.54, 1.807) is 4.90 Å². The lowest BCUT2D eigenvalue weighted by Crippen LogP contribution is -2.15. The number of hydrogen-bond donors (Lipinski definition) is 0. The van der Waals surface area contributed by atoms with Gasteiger partial charge in [0.1, 0.15) is 0 Å². The van der Waals surface area contributed by atoms with E-state index in [1.165, 1.54) is 11.0 Å². The molecule has 0 saturated heterocycles. The van der Waals surface area contributed by atoms with Gasteiger partial charge in [0.15, 0.2) is 0 Å². The molecule has 56 valence electrons. The number of rotatable bonds is 3. The second-order valence-electron chi connectivity index (χ2n) is 1.95. The molecule has 0 aliphatic heterocycles. The molecule has 0 aliphatic rings. The van der Waals surface area contributed by atoms with Crippen molar-refractivity contribution >= 4 is 41.1 Å². The first kappa shape index (κ1) is 8.30. The lowest BCUT2D eigenvalue weighted by molar-refractivity contribution is 1.53. The first-order valence-corrected chi connectivity index (χ1v) is 4.06. The summed E-state index contributed by atoms with van der Waals surface area (Å²) in [4.78, 5) is 1.71. The van der Waals surface area contributed by atoms with E-state index in [1.807, 2.05) is 30.3 Å². The van der Waals surface area contributed by atoms with Crippen LogP contribution in [0.15, 0.2) is 30.3 Å². The summed E-state index contributed by atoms with van der Waals surface area (Å²) in [6.07, 6.45) is 0. The quantitative estimate of drug-likeness (QED) is 0.659.